The third-order valence-corrected chi connectivity index (χ3v) is 7.77. The van der Waals surface area contributed by atoms with Crippen LogP contribution in [-0.4, -0.2) is 58.3 Å². The minimum Gasteiger partial charge on any atom is -0.489 e. The monoisotopic (exact) mass is 463 g/mol. The Bertz CT molecular complexity index is 1440. The number of hydrogen-bond donors (Lipinski definition) is 1. The Labute approximate surface area is 194 Å². The van der Waals surface area contributed by atoms with Gasteiger partial charge >= 0.3 is 5.69 Å². The van der Waals surface area contributed by atoms with Crippen LogP contribution in [0.2, 0.25) is 0 Å². The number of pyridine rings is 1. The number of thiophene rings is 1. The van der Waals surface area contributed by atoms with Gasteiger partial charge in [-0.1, -0.05) is 12.1 Å². The maximum absolute atomic E-state index is 13.0. The first-order valence-electron chi connectivity index (χ1n) is 11.4. The number of piperazine rings is 1. The van der Waals surface area contributed by atoms with Crippen LogP contribution in [0.25, 0.3) is 20.4 Å². The van der Waals surface area contributed by atoms with Crippen LogP contribution in [0.15, 0.2) is 52.2 Å². The molecule has 1 unspecified atom stereocenters. The highest BCUT2D eigenvalue weighted by Crippen LogP contribution is 2.34. The maximum atomic E-state index is 13.0. The number of anilines is 1. The van der Waals surface area contributed by atoms with Crippen molar-refractivity contribution in [3.8, 4) is 5.75 Å². The summed E-state index contributed by atoms with van der Waals surface area (Å²) in [5, 5.41) is 0. The summed E-state index contributed by atoms with van der Waals surface area (Å²) in [6.45, 7) is 5.05. The second kappa shape index (κ2) is 8.31. The molecule has 1 aromatic carbocycles. The van der Waals surface area contributed by atoms with Crippen molar-refractivity contribution in [2.75, 3.05) is 37.7 Å². The van der Waals surface area contributed by atoms with Crippen molar-refractivity contribution in [3.63, 3.8) is 0 Å². The molecule has 1 N–H and O–H groups in total. The summed E-state index contributed by atoms with van der Waals surface area (Å²) in [7, 11) is 0. The molecular weight excluding hydrogens is 438 g/mol. The summed E-state index contributed by atoms with van der Waals surface area (Å²) >= 11 is 1.39. The predicted molar refractivity (Wildman–Crippen MR) is 131 cm³/mol. The summed E-state index contributed by atoms with van der Waals surface area (Å²) in [6.07, 6.45) is 3.39. The molecule has 0 radical (unpaired) electrons. The summed E-state index contributed by atoms with van der Waals surface area (Å²) < 4.78 is 8.77. The van der Waals surface area contributed by atoms with Gasteiger partial charge in [0.1, 0.15) is 22.6 Å². The molecule has 1 fully saturated rings. The largest absolute Gasteiger partial charge is 0.489 e. The zero-order chi connectivity index (χ0) is 22.4. The zero-order valence-corrected chi connectivity index (χ0v) is 19.0. The van der Waals surface area contributed by atoms with Crippen molar-refractivity contribution >= 4 is 37.5 Å². The number of nitrogens with zero attached hydrogens (tertiary/aromatic N) is 4. The molecule has 3 aromatic heterocycles. The number of aromatic amines is 1. The zero-order valence-electron chi connectivity index (χ0n) is 18.2. The first-order valence-corrected chi connectivity index (χ1v) is 12.2. The van der Waals surface area contributed by atoms with E-state index in [-0.39, 0.29) is 11.2 Å². The van der Waals surface area contributed by atoms with Gasteiger partial charge in [-0.3, -0.25) is 19.2 Å². The summed E-state index contributed by atoms with van der Waals surface area (Å²) in [5.41, 5.74) is 1.86. The van der Waals surface area contributed by atoms with Gasteiger partial charge in [-0.15, -0.1) is 11.3 Å². The first kappa shape index (κ1) is 20.4. The minimum absolute atomic E-state index is 0.219. The van der Waals surface area contributed by atoms with E-state index in [2.05, 4.69) is 31.9 Å². The molecule has 4 aromatic rings. The highest BCUT2D eigenvalue weighted by molar-refractivity contribution is 7.25. The molecule has 9 heteroatoms. The van der Waals surface area contributed by atoms with Gasteiger partial charge in [-0.05, 0) is 43.7 Å². The Morgan fingerprint density at radius 2 is 1.97 bits per heavy atom. The number of unbranched alkanes of at least 4 members (excludes halogenated alkanes) is 1. The lowest BCUT2D eigenvalue weighted by atomic mass is 10.1. The Balaban J connectivity index is 1.09. The number of aromatic nitrogens is 3. The molecule has 0 saturated carbocycles. The van der Waals surface area contributed by atoms with E-state index in [1.807, 2.05) is 24.3 Å². The van der Waals surface area contributed by atoms with Crippen LogP contribution in [0.5, 0.6) is 5.75 Å². The fourth-order valence-corrected chi connectivity index (χ4v) is 6.04. The molecule has 1 saturated heterocycles. The average molecular weight is 464 g/mol. The van der Waals surface area contributed by atoms with Crippen molar-refractivity contribution in [3.05, 3.63) is 63.4 Å². The number of ether oxygens (including phenoxy) is 1. The van der Waals surface area contributed by atoms with Crippen LogP contribution in [0.3, 0.4) is 0 Å². The second-order valence-corrected chi connectivity index (χ2v) is 9.73. The van der Waals surface area contributed by atoms with E-state index < -0.39 is 0 Å². The summed E-state index contributed by atoms with van der Waals surface area (Å²) in [4.78, 5) is 37.7. The minimum atomic E-state index is -0.357. The van der Waals surface area contributed by atoms with Crippen LogP contribution in [0.1, 0.15) is 12.8 Å². The first-order chi connectivity index (χ1) is 16.2. The average Bonchev–Trinajstić information content (AvgIpc) is 3.22. The number of benzene rings is 1. The summed E-state index contributed by atoms with van der Waals surface area (Å²) in [6, 6.07) is 12.4. The number of fused-ring (bicyclic) bond motifs is 6. The van der Waals surface area contributed by atoms with E-state index in [1.54, 1.807) is 6.20 Å². The van der Waals surface area contributed by atoms with Gasteiger partial charge in [-0.25, -0.2) is 4.79 Å². The number of nitrogens with one attached hydrogen (secondary N) is 1. The molecule has 6 rings (SSSR count). The molecular formula is C24H25N5O3S. The molecule has 0 bridgehead atoms. The summed E-state index contributed by atoms with van der Waals surface area (Å²) in [5.74, 6) is 0.976. The van der Waals surface area contributed by atoms with Crippen molar-refractivity contribution in [2.24, 2.45) is 0 Å². The van der Waals surface area contributed by atoms with Gasteiger partial charge < -0.3 is 14.6 Å². The molecule has 8 nitrogen and oxygen atoms in total. The molecule has 0 spiro atoms. The molecule has 2 aliphatic heterocycles. The van der Waals surface area contributed by atoms with Crippen LogP contribution in [-0.2, 0) is 6.54 Å². The lowest BCUT2D eigenvalue weighted by Crippen LogP contribution is -2.57. The number of hydrogen-bond acceptors (Lipinski definition) is 7. The Kier molecular flexibility index (Phi) is 5.15. The fourth-order valence-electron chi connectivity index (χ4n) is 4.98. The lowest BCUT2D eigenvalue weighted by molar-refractivity contribution is 0.165. The highest BCUT2D eigenvalue weighted by Gasteiger charge is 2.32. The van der Waals surface area contributed by atoms with E-state index in [9.17, 15) is 9.59 Å². The normalized spacial score (nSPS) is 18.3. The third kappa shape index (κ3) is 3.61. The van der Waals surface area contributed by atoms with Gasteiger partial charge in [0, 0.05) is 32.4 Å². The van der Waals surface area contributed by atoms with Gasteiger partial charge in [0.25, 0.3) is 5.56 Å². The van der Waals surface area contributed by atoms with Crippen LogP contribution in [0, 0.1) is 0 Å². The molecule has 33 heavy (non-hydrogen) atoms. The van der Waals surface area contributed by atoms with E-state index >= 15 is 0 Å². The van der Waals surface area contributed by atoms with Crippen LogP contribution < -0.4 is 20.9 Å². The third-order valence-electron chi connectivity index (χ3n) is 6.64. The standard InChI is InChI=1S/C24H25N5O3S/c30-23-22-21(20-19(33-22)8-5-9-25-20)26-24(31)29(23)11-4-3-10-27-12-13-28-16(14-27)15-32-18-7-2-1-6-17(18)28/h1-2,5-9,16H,3-4,10-15H2,(H,26,31). The van der Waals surface area contributed by atoms with Crippen molar-refractivity contribution < 1.29 is 4.74 Å². The number of para-hydroxylation sites is 2. The van der Waals surface area contributed by atoms with E-state index in [1.165, 1.54) is 21.6 Å². The van der Waals surface area contributed by atoms with Gasteiger partial charge in [0.15, 0.2) is 0 Å². The molecule has 1 atom stereocenters. The molecule has 5 heterocycles. The van der Waals surface area contributed by atoms with E-state index in [0.29, 0.717) is 34.9 Å². The van der Waals surface area contributed by atoms with Crippen LogP contribution >= 0.6 is 11.3 Å². The van der Waals surface area contributed by atoms with Gasteiger partial charge in [0.2, 0.25) is 0 Å². The molecule has 0 amide bonds. The van der Waals surface area contributed by atoms with E-state index in [4.69, 9.17) is 4.74 Å². The number of rotatable bonds is 5. The quantitative estimate of drug-likeness (QED) is 0.458. The second-order valence-electron chi connectivity index (χ2n) is 8.68. The highest BCUT2D eigenvalue weighted by atomic mass is 32.1. The smallest absolute Gasteiger partial charge is 0.328 e. The molecule has 0 aliphatic carbocycles. The van der Waals surface area contributed by atoms with Gasteiger partial charge in [-0.2, -0.15) is 0 Å². The number of H-pyrrole nitrogens is 1. The molecule has 2 aliphatic rings. The van der Waals surface area contributed by atoms with Crippen molar-refractivity contribution in [1.29, 1.82) is 0 Å². The SMILES string of the molecule is O=c1[nH]c2c(sc3cccnc32)c(=O)n1CCCCN1CCN2c3ccccc3OCC2C1. The Morgan fingerprint density at radius 3 is 2.91 bits per heavy atom. The van der Waals surface area contributed by atoms with Crippen LogP contribution in [0.4, 0.5) is 5.69 Å². The molecule has 170 valence electrons. The topological polar surface area (TPSA) is 83.5 Å². The maximum Gasteiger partial charge on any atom is 0.328 e. The Morgan fingerprint density at radius 1 is 1.09 bits per heavy atom. The van der Waals surface area contributed by atoms with Crippen molar-refractivity contribution in [2.45, 2.75) is 25.4 Å². The van der Waals surface area contributed by atoms with Crippen molar-refractivity contribution in [1.82, 2.24) is 19.4 Å². The fraction of sp³-hybridized carbons (Fsp3) is 0.375. The lowest BCUT2D eigenvalue weighted by Gasteiger charge is -2.45. The predicted octanol–water partition coefficient (Wildman–Crippen LogP) is 2.66. The Hall–Kier alpha value is -3.17. The van der Waals surface area contributed by atoms with E-state index in [0.717, 1.165) is 49.5 Å². The van der Waals surface area contributed by atoms with Gasteiger partial charge in [0.05, 0.1) is 21.9 Å².